The van der Waals surface area contributed by atoms with Gasteiger partial charge in [0.2, 0.25) is 0 Å². The van der Waals surface area contributed by atoms with Crippen molar-refractivity contribution in [3.05, 3.63) is 59.4 Å². The van der Waals surface area contributed by atoms with Gasteiger partial charge in [-0.15, -0.1) is 0 Å². The van der Waals surface area contributed by atoms with Crippen molar-refractivity contribution in [1.29, 1.82) is 0 Å². The second kappa shape index (κ2) is 5.07. The maximum Gasteiger partial charge on any atom is 0.128 e. The number of nitrogens with zero attached hydrogens (tertiary/aromatic N) is 1. The fourth-order valence-electron chi connectivity index (χ4n) is 1.74. The lowest BCUT2D eigenvalue weighted by atomic mass is 9.99. The first kappa shape index (κ1) is 12.4. The standard InChI is InChI=1S/C12H12F2N4/c13-7-1-2-10(14)8(5-7)12(18-16)9-6-17-4-3-11(9)15/h1-6,12,18H,16H2,(H2,15,17). The van der Waals surface area contributed by atoms with Crippen LogP contribution in [0, 0.1) is 11.6 Å². The number of halogens is 2. The molecule has 18 heavy (non-hydrogen) atoms. The highest BCUT2D eigenvalue weighted by Gasteiger charge is 2.19. The number of hydrazine groups is 1. The van der Waals surface area contributed by atoms with Crippen LogP contribution in [0.3, 0.4) is 0 Å². The Labute approximate surface area is 103 Å². The number of hydrogen-bond acceptors (Lipinski definition) is 4. The second-order valence-corrected chi connectivity index (χ2v) is 3.77. The van der Waals surface area contributed by atoms with Crippen molar-refractivity contribution in [3.63, 3.8) is 0 Å². The molecule has 0 fully saturated rings. The highest BCUT2D eigenvalue weighted by atomic mass is 19.1. The molecule has 5 N–H and O–H groups in total. The molecule has 1 atom stereocenters. The van der Waals surface area contributed by atoms with Gasteiger partial charge in [0, 0.05) is 29.2 Å². The van der Waals surface area contributed by atoms with Crippen LogP contribution >= 0.6 is 0 Å². The van der Waals surface area contributed by atoms with Crippen LogP contribution in [0.1, 0.15) is 17.2 Å². The van der Waals surface area contributed by atoms with Crippen LogP contribution in [0.4, 0.5) is 14.5 Å². The Kier molecular flexibility index (Phi) is 3.50. The second-order valence-electron chi connectivity index (χ2n) is 3.77. The molecule has 1 unspecified atom stereocenters. The van der Waals surface area contributed by atoms with Crippen molar-refractivity contribution in [2.45, 2.75) is 6.04 Å². The Morgan fingerprint density at radius 1 is 1.17 bits per heavy atom. The fourth-order valence-corrected chi connectivity index (χ4v) is 1.74. The zero-order chi connectivity index (χ0) is 13.1. The number of rotatable bonds is 3. The van der Waals surface area contributed by atoms with E-state index in [-0.39, 0.29) is 5.56 Å². The maximum absolute atomic E-state index is 13.7. The molecular weight excluding hydrogens is 238 g/mol. The van der Waals surface area contributed by atoms with E-state index in [0.29, 0.717) is 11.3 Å². The summed E-state index contributed by atoms with van der Waals surface area (Å²) in [6.07, 6.45) is 2.97. The molecule has 0 radical (unpaired) electrons. The van der Waals surface area contributed by atoms with Crippen molar-refractivity contribution >= 4 is 5.69 Å². The Bertz CT molecular complexity index is 560. The number of benzene rings is 1. The number of hydrogen-bond donors (Lipinski definition) is 3. The molecule has 1 aromatic carbocycles. The van der Waals surface area contributed by atoms with Gasteiger partial charge >= 0.3 is 0 Å². The van der Waals surface area contributed by atoms with E-state index >= 15 is 0 Å². The van der Waals surface area contributed by atoms with Gasteiger partial charge < -0.3 is 5.73 Å². The topological polar surface area (TPSA) is 77.0 Å². The summed E-state index contributed by atoms with van der Waals surface area (Å²) in [7, 11) is 0. The van der Waals surface area contributed by atoms with E-state index in [1.807, 2.05) is 0 Å². The van der Waals surface area contributed by atoms with Crippen LogP contribution in [-0.2, 0) is 0 Å². The summed E-state index contributed by atoms with van der Waals surface area (Å²) >= 11 is 0. The predicted octanol–water partition coefficient (Wildman–Crippen LogP) is 1.49. The highest BCUT2D eigenvalue weighted by molar-refractivity contribution is 5.49. The van der Waals surface area contributed by atoms with E-state index in [4.69, 9.17) is 11.6 Å². The molecule has 1 aromatic heterocycles. The number of aromatic nitrogens is 1. The molecule has 1 heterocycles. The van der Waals surface area contributed by atoms with Gasteiger partial charge in [-0.25, -0.2) is 14.2 Å². The summed E-state index contributed by atoms with van der Waals surface area (Å²) in [6, 6.07) is 3.97. The third kappa shape index (κ3) is 2.29. The summed E-state index contributed by atoms with van der Waals surface area (Å²) in [5.74, 6) is 4.29. The van der Waals surface area contributed by atoms with E-state index in [1.165, 1.54) is 12.4 Å². The van der Waals surface area contributed by atoms with Gasteiger partial charge in [-0.1, -0.05) is 0 Å². The molecular formula is C12H12F2N4. The molecule has 0 saturated carbocycles. The molecule has 6 heteroatoms. The first-order valence-corrected chi connectivity index (χ1v) is 5.24. The summed E-state index contributed by atoms with van der Waals surface area (Å²) < 4.78 is 26.9. The monoisotopic (exact) mass is 250 g/mol. The average molecular weight is 250 g/mol. The number of anilines is 1. The molecule has 0 aliphatic carbocycles. The van der Waals surface area contributed by atoms with E-state index in [1.54, 1.807) is 6.07 Å². The highest BCUT2D eigenvalue weighted by Crippen LogP contribution is 2.27. The molecule has 0 aliphatic heterocycles. The quantitative estimate of drug-likeness (QED) is 0.570. The average Bonchev–Trinajstić information content (AvgIpc) is 2.36. The van der Waals surface area contributed by atoms with E-state index in [9.17, 15) is 8.78 Å². The van der Waals surface area contributed by atoms with Gasteiger partial charge in [0.15, 0.2) is 0 Å². The minimum Gasteiger partial charge on any atom is -0.398 e. The fraction of sp³-hybridized carbons (Fsp3) is 0.0833. The van der Waals surface area contributed by atoms with Crippen LogP contribution in [-0.4, -0.2) is 4.98 Å². The molecule has 2 aromatic rings. The number of pyridine rings is 1. The largest absolute Gasteiger partial charge is 0.398 e. The van der Waals surface area contributed by atoms with Gasteiger partial charge in [-0.3, -0.25) is 10.8 Å². The third-order valence-corrected chi connectivity index (χ3v) is 2.63. The van der Waals surface area contributed by atoms with Gasteiger partial charge in [0.05, 0.1) is 6.04 Å². The van der Waals surface area contributed by atoms with Gasteiger partial charge in [-0.2, -0.15) is 0 Å². The van der Waals surface area contributed by atoms with E-state index in [0.717, 1.165) is 18.2 Å². The molecule has 94 valence electrons. The Balaban J connectivity index is 2.52. The number of nitrogen functional groups attached to an aromatic ring is 1. The van der Waals surface area contributed by atoms with Crippen molar-refractivity contribution in [2.75, 3.05) is 5.73 Å². The van der Waals surface area contributed by atoms with Crippen molar-refractivity contribution in [1.82, 2.24) is 10.4 Å². The first-order valence-electron chi connectivity index (χ1n) is 5.24. The maximum atomic E-state index is 13.7. The van der Waals surface area contributed by atoms with Crippen molar-refractivity contribution < 1.29 is 8.78 Å². The molecule has 2 rings (SSSR count). The molecule has 0 spiro atoms. The molecule has 0 aliphatic rings. The van der Waals surface area contributed by atoms with Gasteiger partial charge in [0.1, 0.15) is 11.6 Å². The molecule has 0 amide bonds. The molecule has 0 saturated heterocycles. The minimum atomic E-state index is -0.755. The predicted molar refractivity (Wildman–Crippen MR) is 64.2 cm³/mol. The zero-order valence-electron chi connectivity index (χ0n) is 9.40. The normalized spacial score (nSPS) is 12.4. The molecule has 0 bridgehead atoms. The lowest BCUT2D eigenvalue weighted by Crippen LogP contribution is -2.30. The minimum absolute atomic E-state index is 0.0807. The summed E-state index contributed by atoms with van der Waals surface area (Å²) in [5.41, 5.74) is 9.16. The van der Waals surface area contributed by atoms with E-state index < -0.39 is 17.7 Å². The van der Waals surface area contributed by atoms with E-state index in [2.05, 4.69) is 10.4 Å². The summed E-state index contributed by atoms with van der Waals surface area (Å²) in [5, 5.41) is 0. The van der Waals surface area contributed by atoms with Crippen LogP contribution in [0.25, 0.3) is 0 Å². The first-order chi connectivity index (χ1) is 8.63. The lowest BCUT2D eigenvalue weighted by Gasteiger charge is -2.18. The number of nitrogens with two attached hydrogens (primary N) is 2. The number of nitrogens with one attached hydrogen (secondary N) is 1. The van der Waals surface area contributed by atoms with Crippen LogP contribution in [0.2, 0.25) is 0 Å². The van der Waals surface area contributed by atoms with Crippen LogP contribution in [0.5, 0.6) is 0 Å². The van der Waals surface area contributed by atoms with Crippen LogP contribution < -0.4 is 17.0 Å². The smallest absolute Gasteiger partial charge is 0.128 e. The lowest BCUT2D eigenvalue weighted by molar-refractivity contribution is 0.545. The SMILES string of the molecule is NNC(c1cnccc1N)c1cc(F)ccc1F. The van der Waals surface area contributed by atoms with Gasteiger partial charge in [-0.05, 0) is 24.3 Å². The molecule has 4 nitrogen and oxygen atoms in total. The van der Waals surface area contributed by atoms with Crippen molar-refractivity contribution in [3.8, 4) is 0 Å². The van der Waals surface area contributed by atoms with Crippen molar-refractivity contribution in [2.24, 2.45) is 5.84 Å². The third-order valence-electron chi connectivity index (χ3n) is 2.63. The summed E-state index contributed by atoms with van der Waals surface area (Å²) in [6.45, 7) is 0. The van der Waals surface area contributed by atoms with Gasteiger partial charge in [0.25, 0.3) is 0 Å². The Hall–Kier alpha value is -2.05. The Morgan fingerprint density at radius 2 is 1.94 bits per heavy atom. The van der Waals surface area contributed by atoms with Crippen LogP contribution in [0.15, 0.2) is 36.7 Å². The zero-order valence-corrected chi connectivity index (χ0v) is 9.40. The Morgan fingerprint density at radius 3 is 2.61 bits per heavy atom. The summed E-state index contributed by atoms with van der Waals surface area (Å²) in [4.78, 5) is 3.90.